The van der Waals surface area contributed by atoms with Crippen LogP contribution >= 0.6 is 0 Å². The van der Waals surface area contributed by atoms with E-state index in [1.807, 2.05) is 45.0 Å². The molecule has 48 heavy (non-hydrogen) atoms. The quantitative estimate of drug-likeness (QED) is 0.162. The number of amides is 1. The van der Waals surface area contributed by atoms with Gasteiger partial charge in [-0.1, -0.05) is 48.5 Å². The van der Waals surface area contributed by atoms with Crippen molar-refractivity contribution in [3.63, 3.8) is 0 Å². The van der Waals surface area contributed by atoms with Gasteiger partial charge in [0.25, 0.3) is 0 Å². The summed E-state index contributed by atoms with van der Waals surface area (Å²) < 4.78 is 38.9. The number of pyridine rings is 1. The normalized spacial score (nSPS) is 17.1. The van der Waals surface area contributed by atoms with Crippen LogP contribution in [0.25, 0.3) is 10.8 Å². The lowest BCUT2D eigenvalue weighted by atomic mass is 9.93. The van der Waals surface area contributed by atoms with Crippen molar-refractivity contribution in [2.24, 2.45) is 5.92 Å². The third-order valence-electron chi connectivity index (χ3n) is 8.44. The van der Waals surface area contributed by atoms with E-state index in [9.17, 15) is 23.1 Å². The number of carbonyl (C=O) groups is 2. The second kappa shape index (κ2) is 14.1. The number of hydrogen-bond acceptors (Lipinski definition) is 9. The zero-order valence-electron chi connectivity index (χ0n) is 27.7. The Balaban J connectivity index is 1.65. The summed E-state index contributed by atoms with van der Waals surface area (Å²) in [7, 11) is -3.82. The first-order valence-electron chi connectivity index (χ1n) is 16.0. The predicted molar refractivity (Wildman–Crippen MR) is 185 cm³/mol. The molecule has 5 rings (SSSR count). The Morgan fingerprint density at radius 2 is 1.73 bits per heavy atom. The summed E-state index contributed by atoms with van der Waals surface area (Å²) in [4.78, 5) is 33.5. The van der Waals surface area contributed by atoms with Gasteiger partial charge in [-0.2, -0.15) is 0 Å². The number of benzene rings is 3. The monoisotopic (exact) mass is 674 g/mol. The number of fused-ring (bicyclic) bond motifs is 1. The minimum absolute atomic E-state index is 0.0123. The van der Waals surface area contributed by atoms with Gasteiger partial charge in [0.15, 0.2) is 21.3 Å². The van der Waals surface area contributed by atoms with Gasteiger partial charge in [-0.05, 0) is 81.8 Å². The van der Waals surface area contributed by atoms with Crippen LogP contribution in [0.1, 0.15) is 64.3 Å². The first-order valence-corrected chi connectivity index (χ1v) is 17.6. The van der Waals surface area contributed by atoms with Crippen LogP contribution in [-0.2, 0) is 19.4 Å². The molecule has 1 aliphatic rings. The molecule has 0 spiro atoms. The molecule has 4 aromatic rings. The molecule has 12 heteroatoms. The molecule has 4 N–H and O–H groups in total. The Morgan fingerprint density at radius 3 is 2.42 bits per heavy atom. The molecule has 11 nitrogen and oxygen atoms in total. The van der Waals surface area contributed by atoms with E-state index in [0.29, 0.717) is 29.5 Å². The molecule has 1 saturated heterocycles. The number of likely N-dealkylation sites (tertiary alicyclic amines) is 1. The fourth-order valence-corrected chi connectivity index (χ4v) is 7.44. The largest absolute Gasteiger partial charge is 0.490 e. The Labute approximate surface area is 281 Å². The van der Waals surface area contributed by atoms with E-state index < -0.39 is 45.0 Å². The maximum Gasteiger partial charge on any atom is 0.309 e. The summed E-state index contributed by atoms with van der Waals surface area (Å²) >= 11 is 0. The van der Waals surface area contributed by atoms with E-state index in [0.717, 1.165) is 10.8 Å². The van der Waals surface area contributed by atoms with Crippen molar-refractivity contribution in [2.45, 2.75) is 69.4 Å². The maximum absolute atomic E-state index is 14.9. The molecule has 3 aromatic carbocycles. The smallest absolute Gasteiger partial charge is 0.309 e. The standard InChI is InChI=1S/C36H42N4O7S/c1-6-46-29-19-24(15-16-28(29)47-21(2)3)32(38-31-20-23-11-7-8-12-25(23)34(37)39-31)35(41)40-18-17-27(36(42)43)33(40)26-13-9-10-14-30(26)48(44,45)22(4)5/h7-16,19-22,27,32-33H,6,17-18H2,1-5H3,(H,42,43)(H3,37,38,39)/t27?,32-,33?/m1/s1. The average molecular weight is 675 g/mol. The van der Waals surface area contributed by atoms with Crippen LogP contribution in [0, 0.1) is 5.92 Å². The number of nitrogen functional groups attached to an aromatic ring is 1. The van der Waals surface area contributed by atoms with Gasteiger partial charge in [0.05, 0.1) is 34.8 Å². The molecule has 254 valence electrons. The third-order valence-corrected chi connectivity index (χ3v) is 10.7. The zero-order valence-corrected chi connectivity index (χ0v) is 28.5. The highest BCUT2D eigenvalue weighted by Gasteiger charge is 2.46. The third kappa shape index (κ3) is 6.89. The number of nitrogens with two attached hydrogens (primary N) is 1. The number of rotatable bonds is 12. The Hall–Kier alpha value is -4.84. The van der Waals surface area contributed by atoms with Crippen molar-refractivity contribution in [3.8, 4) is 11.5 Å². The minimum Gasteiger partial charge on any atom is -0.490 e. The van der Waals surface area contributed by atoms with E-state index in [1.54, 1.807) is 56.3 Å². The number of carboxylic acids is 1. The van der Waals surface area contributed by atoms with Gasteiger partial charge in [0, 0.05) is 11.9 Å². The summed E-state index contributed by atoms with van der Waals surface area (Å²) in [6, 6.07) is 18.7. The number of nitrogens with zero attached hydrogens (tertiary/aromatic N) is 2. The lowest BCUT2D eigenvalue weighted by Crippen LogP contribution is -2.40. The fraction of sp³-hybridized carbons (Fsp3) is 0.361. The zero-order chi connectivity index (χ0) is 34.7. The number of sulfone groups is 1. The second-order valence-electron chi connectivity index (χ2n) is 12.3. The number of carbonyl (C=O) groups excluding carboxylic acids is 1. The van der Waals surface area contributed by atoms with Gasteiger partial charge >= 0.3 is 5.97 Å². The highest BCUT2D eigenvalue weighted by Crippen LogP contribution is 2.43. The van der Waals surface area contributed by atoms with Gasteiger partial charge in [-0.15, -0.1) is 0 Å². The molecule has 2 unspecified atom stereocenters. The van der Waals surface area contributed by atoms with E-state index in [1.165, 1.54) is 11.0 Å². The maximum atomic E-state index is 14.9. The topological polar surface area (TPSA) is 161 Å². The molecule has 2 heterocycles. The van der Waals surface area contributed by atoms with Crippen LogP contribution in [0.4, 0.5) is 11.6 Å². The molecule has 3 atom stereocenters. The number of anilines is 2. The van der Waals surface area contributed by atoms with Crippen molar-refractivity contribution in [1.82, 2.24) is 9.88 Å². The molecular weight excluding hydrogens is 632 g/mol. The summed E-state index contributed by atoms with van der Waals surface area (Å²) in [5, 5.41) is 14.4. The number of nitrogens with one attached hydrogen (secondary N) is 1. The summed E-state index contributed by atoms with van der Waals surface area (Å²) in [6.45, 7) is 9.23. The van der Waals surface area contributed by atoms with Crippen LogP contribution in [-0.4, -0.2) is 59.8 Å². The number of aliphatic carboxylic acids is 1. The van der Waals surface area contributed by atoms with Gasteiger partial charge in [-0.25, -0.2) is 13.4 Å². The van der Waals surface area contributed by atoms with E-state index in [4.69, 9.17) is 15.2 Å². The lowest BCUT2D eigenvalue weighted by Gasteiger charge is -2.32. The van der Waals surface area contributed by atoms with Crippen molar-refractivity contribution in [3.05, 3.63) is 83.9 Å². The first-order chi connectivity index (χ1) is 22.8. The highest BCUT2D eigenvalue weighted by molar-refractivity contribution is 7.92. The number of ether oxygens (including phenoxy) is 2. The number of aromatic nitrogens is 1. The molecule has 0 radical (unpaired) electrons. The van der Waals surface area contributed by atoms with Crippen LogP contribution in [0.15, 0.2) is 77.7 Å². The van der Waals surface area contributed by atoms with Gasteiger partial charge < -0.3 is 30.5 Å². The fourth-order valence-electron chi connectivity index (χ4n) is 6.15. The van der Waals surface area contributed by atoms with E-state index in [2.05, 4.69) is 10.3 Å². The van der Waals surface area contributed by atoms with Gasteiger partial charge in [-0.3, -0.25) is 9.59 Å². The van der Waals surface area contributed by atoms with Gasteiger partial charge in [0.1, 0.15) is 17.7 Å². The highest BCUT2D eigenvalue weighted by atomic mass is 32.2. The number of carboxylic acid groups (broad SMARTS) is 1. The van der Waals surface area contributed by atoms with Crippen molar-refractivity contribution >= 4 is 44.1 Å². The van der Waals surface area contributed by atoms with Crippen molar-refractivity contribution in [2.75, 3.05) is 24.2 Å². The van der Waals surface area contributed by atoms with Crippen molar-refractivity contribution < 1.29 is 32.6 Å². The van der Waals surface area contributed by atoms with E-state index in [-0.39, 0.29) is 35.3 Å². The first kappa shape index (κ1) is 34.5. The molecule has 1 aliphatic heterocycles. The van der Waals surface area contributed by atoms with Crippen LogP contribution in [0.5, 0.6) is 11.5 Å². The van der Waals surface area contributed by atoms with Crippen LogP contribution < -0.4 is 20.5 Å². The van der Waals surface area contributed by atoms with E-state index >= 15 is 0 Å². The molecule has 1 amide bonds. The lowest BCUT2D eigenvalue weighted by molar-refractivity contribution is -0.143. The molecule has 0 aliphatic carbocycles. The SMILES string of the molecule is CCOc1cc([C@@H](Nc2cc3ccccc3c(N)n2)C(=O)N2CCC(C(=O)O)C2c2ccccc2S(=O)(=O)C(C)C)ccc1OC(C)C. The molecule has 1 fully saturated rings. The average Bonchev–Trinajstić information content (AvgIpc) is 3.50. The predicted octanol–water partition coefficient (Wildman–Crippen LogP) is 6.01. The number of hydrogen-bond donors (Lipinski definition) is 3. The molecule has 0 saturated carbocycles. The Morgan fingerprint density at radius 1 is 1.02 bits per heavy atom. The Kier molecular flexibility index (Phi) is 10.1. The second-order valence-corrected chi connectivity index (χ2v) is 14.8. The molecule has 0 bridgehead atoms. The molecular formula is C36H42N4O7S. The van der Waals surface area contributed by atoms with Crippen LogP contribution in [0.3, 0.4) is 0 Å². The molecule has 1 aromatic heterocycles. The Bertz CT molecular complexity index is 1930. The van der Waals surface area contributed by atoms with Crippen molar-refractivity contribution in [1.29, 1.82) is 0 Å². The van der Waals surface area contributed by atoms with Gasteiger partial charge in [0.2, 0.25) is 5.91 Å². The summed E-state index contributed by atoms with van der Waals surface area (Å²) in [5.41, 5.74) is 7.10. The summed E-state index contributed by atoms with van der Waals surface area (Å²) in [6.07, 6.45) is 0.0111. The van der Waals surface area contributed by atoms with Crippen LogP contribution in [0.2, 0.25) is 0 Å². The summed E-state index contributed by atoms with van der Waals surface area (Å²) in [5.74, 6) is -1.07. The minimum atomic E-state index is -3.82.